The number of anilines is 3. The first-order valence-corrected chi connectivity index (χ1v) is 9.85. The molecule has 8 heteroatoms. The van der Waals surface area contributed by atoms with Gasteiger partial charge in [-0.1, -0.05) is 12.1 Å². The zero-order valence-electron chi connectivity index (χ0n) is 17.6. The highest BCUT2D eigenvalue weighted by atomic mass is 16.6. The Morgan fingerprint density at radius 3 is 2.41 bits per heavy atom. The predicted octanol–water partition coefficient (Wildman–Crippen LogP) is 3.16. The van der Waals surface area contributed by atoms with Crippen LogP contribution >= 0.6 is 0 Å². The molecule has 1 aliphatic rings. The average molecular weight is 399 g/mol. The third kappa shape index (κ3) is 6.05. The van der Waals surface area contributed by atoms with Gasteiger partial charge >= 0.3 is 6.09 Å². The van der Waals surface area contributed by atoms with Crippen LogP contribution in [0.3, 0.4) is 0 Å². The third-order valence-corrected chi connectivity index (χ3v) is 4.65. The lowest BCUT2D eigenvalue weighted by atomic mass is 10.2. The van der Waals surface area contributed by atoms with Gasteiger partial charge in [-0.15, -0.1) is 0 Å². The van der Waals surface area contributed by atoms with Crippen molar-refractivity contribution >= 4 is 23.5 Å². The first-order valence-electron chi connectivity index (χ1n) is 9.85. The quantitative estimate of drug-likeness (QED) is 0.816. The SMILES string of the molecule is Cc1cnc(Nc2ccc(CN3CCN(C(=O)OC(C)(C)C)CC3)cc2)nc1N. The fourth-order valence-electron chi connectivity index (χ4n) is 3.01. The molecule has 1 amide bonds. The van der Waals surface area contributed by atoms with E-state index in [1.54, 1.807) is 11.1 Å². The van der Waals surface area contributed by atoms with Crippen LogP contribution in [-0.2, 0) is 11.3 Å². The lowest BCUT2D eigenvalue weighted by molar-refractivity contribution is 0.0139. The molecule has 1 aromatic carbocycles. The van der Waals surface area contributed by atoms with E-state index in [0.717, 1.165) is 30.9 Å². The molecule has 1 aromatic heterocycles. The molecule has 1 saturated heterocycles. The molecule has 2 aromatic rings. The minimum atomic E-state index is -0.459. The van der Waals surface area contributed by atoms with Crippen LogP contribution in [0.2, 0.25) is 0 Å². The van der Waals surface area contributed by atoms with E-state index in [2.05, 4.69) is 32.3 Å². The van der Waals surface area contributed by atoms with E-state index in [9.17, 15) is 4.79 Å². The summed E-state index contributed by atoms with van der Waals surface area (Å²) in [6, 6.07) is 8.18. The van der Waals surface area contributed by atoms with Crippen LogP contribution in [0.4, 0.5) is 22.2 Å². The molecule has 0 saturated carbocycles. The van der Waals surface area contributed by atoms with Crippen LogP contribution in [0.15, 0.2) is 30.5 Å². The van der Waals surface area contributed by atoms with Crippen molar-refractivity contribution in [3.8, 4) is 0 Å². The van der Waals surface area contributed by atoms with E-state index in [1.807, 2.05) is 39.8 Å². The minimum Gasteiger partial charge on any atom is -0.444 e. The molecule has 0 spiro atoms. The summed E-state index contributed by atoms with van der Waals surface area (Å²) in [5.41, 5.74) is 8.35. The summed E-state index contributed by atoms with van der Waals surface area (Å²) in [6.45, 7) is 11.4. The number of nitrogens with one attached hydrogen (secondary N) is 1. The Bertz CT molecular complexity index is 839. The van der Waals surface area contributed by atoms with Crippen molar-refractivity contribution in [3.63, 3.8) is 0 Å². The van der Waals surface area contributed by atoms with Crippen molar-refractivity contribution in [2.75, 3.05) is 37.2 Å². The summed E-state index contributed by atoms with van der Waals surface area (Å²) in [4.78, 5) is 24.8. The second-order valence-electron chi connectivity index (χ2n) is 8.33. The highest BCUT2D eigenvalue weighted by molar-refractivity contribution is 5.68. The lowest BCUT2D eigenvalue weighted by Crippen LogP contribution is -2.49. The van der Waals surface area contributed by atoms with Gasteiger partial charge in [-0.3, -0.25) is 4.90 Å². The van der Waals surface area contributed by atoms with Gasteiger partial charge in [0.15, 0.2) is 0 Å². The molecule has 0 unspecified atom stereocenters. The summed E-state index contributed by atoms with van der Waals surface area (Å²) in [6.07, 6.45) is 1.47. The van der Waals surface area contributed by atoms with Gasteiger partial charge in [0.1, 0.15) is 11.4 Å². The van der Waals surface area contributed by atoms with Crippen molar-refractivity contribution in [2.45, 2.75) is 39.8 Å². The number of piperazine rings is 1. The highest BCUT2D eigenvalue weighted by Crippen LogP contribution is 2.18. The van der Waals surface area contributed by atoms with Gasteiger partial charge < -0.3 is 20.7 Å². The summed E-state index contributed by atoms with van der Waals surface area (Å²) in [5, 5.41) is 3.17. The standard InChI is InChI=1S/C21H30N6O2/c1-15-13-23-19(25-18(15)22)24-17-7-5-16(6-8-17)14-26-9-11-27(12-10-26)20(28)29-21(2,3)4/h5-8,13H,9-12,14H2,1-4H3,(H3,22,23,24,25). The molecule has 2 heterocycles. The Balaban J connectivity index is 1.49. The molecule has 0 bridgehead atoms. The van der Waals surface area contributed by atoms with Gasteiger partial charge in [0.25, 0.3) is 0 Å². The molecule has 3 rings (SSSR count). The number of rotatable bonds is 4. The number of hydrogen-bond donors (Lipinski definition) is 2. The molecule has 8 nitrogen and oxygen atoms in total. The topological polar surface area (TPSA) is 96.6 Å². The van der Waals surface area contributed by atoms with Crippen LogP contribution in [0.5, 0.6) is 0 Å². The molecule has 1 aliphatic heterocycles. The van der Waals surface area contributed by atoms with Gasteiger partial charge in [0.05, 0.1) is 0 Å². The number of carbonyl (C=O) groups excluding carboxylic acids is 1. The largest absolute Gasteiger partial charge is 0.444 e. The Kier molecular flexibility index (Phi) is 6.22. The normalized spacial score (nSPS) is 15.2. The maximum atomic E-state index is 12.2. The van der Waals surface area contributed by atoms with Crippen LogP contribution in [0.1, 0.15) is 31.9 Å². The van der Waals surface area contributed by atoms with Crippen molar-refractivity contribution < 1.29 is 9.53 Å². The van der Waals surface area contributed by atoms with E-state index >= 15 is 0 Å². The minimum absolute atomic E-state index is 0.230. The fraction of sp³-hybridized carbons (Fsp3) is 0.476. The van der Waals surface area contributed by atoms with Gasteiger partial charge in [-0.25, -0.2) is 9.78 Å². The molecule has 0 radical (unpaired) electrons. The zero-order chi connectivity index (χ0) is 21.0. The highest BCUT2D eigenvalue weighted by Gasteiger charge is 2.25. The van der Waals surface area contributed by atoms with Crippen molar-refractivity contribution in [2.24, 2.45) is 0 Å². The number of benzene rings is 1. The number of nitrogen functional groups attached to an aromatic ring is 1. The van der Waals surface area contributed by atoms with E-state index < -0.39 is 5.60 Å². The molecular formula is C21H30N6O2. The molecule has 156 valence electrons. The van der Waals surface area contributed by atoms with Crippen molar-refractivity contribution in [1.82, 2.24) is 19.8 Å². The Hall–Kier alpha value is -2.87. The van der Waals surface area contributed by atoms with Gasteiger partial charge in [0, 0.05) is 50.2 Å². The fourth-order valence-corrected chi connectivity index (χ4v) is 3.01. The van der Waals surface area contributed by atoms with Gasteiger partial charge in [0.2, 0.25) is 5.95 Å². The van der Waals surface area contributed by atoms with Crippen LogP contribution < -0.4 is 11.1 Å². The van der Waals surface area contributed by atoms with Crippen molar-refractivity contribution in [3.05, 3.63) is 41.6 Å². The molecule has 29 heavy (non-hydrogen) atoms. The van der Waals surface area contributed by atoms with Crippen LogP contribution in [0, 0.1) is 6.92 Å². The number of amides is 1. The summed E-state index contributed by atoms with van der Waals surface area (Å²) in [5.74, 6) is 0.962. The molecule has 3 N–H and O–H groups in total. The summed E-state index contributed by atoms with van der Waals surface area (Å²) >= 11 is 0. The smallest absolute Gasteiger partial charge is 0.410 e. The second-order valence-corrected chi connectivity index (χ2v) is 8.33. The number of aromatic nitrogens is 2. The van der Waals surface area contributed by atoms with Gasteiger partial charge in [-0.05, 0) is 45.4 Å². The predicted molar refractivity (Wildman–Crippen MR) is 114 cm³/mol. The third-order valence-electron chi connectivity index (χ3n) is 4.65. The Morgan fingerprint density at radius 2 is 1.83 bits per heavy atom. The number of nitrogens with zero attached hydrogens (tertiary/aromatic N) is 4. The maximum absolute atomic E-state index is 12.2. The number of aryl methyl sites for hydroxylation is 1. The number of hydrogen-bond acceptors (Lipinski definition) is 7. The first-order chi connectivity index (χ1) is 13.7. The van der Waals surface area contributed by atoms with E-state index in [1.165, 1.54) is 5.56 Å². The molecule has 1 fully saturated rings. The average Bonchev–Trinajstić information content (AvgIpc) is 2.65. The van der Waals surface area contributed by atoms with Crippen LogP contribution in [-0.4, -0.2) is 57.6 Å². The number of nitrogens with two attached hydrogens (primary N) is 1. The molecular weight excluding hydrogens is 368 g/mol. The van der Waals surface area contributed by atoms with E-state index in [4.69, 9.17) is 10.5 Å². The molecule has 0 atom stereocenters. The zero-order valence-corrected chi connectivity index (χ0v) is 17.6. The maximum Gasteiger partial charge on any atom is 0.410 e. The molecule has 0 aliphatic carbocycles. The van der Waals surface area contributed by atoms with Crippen molar-refractivity contribution in [1.29, 1.82) is 0 Å². The number of carbonyl (C=O) groups is 1. The summed E-state index contributed by atoms with van der Waals surface area (Å²) in [7, 11) is 0. The second kappa shape index (κ2) is 8.65. The number of ether oxygens (including phenoxy) is 1. The Labute approximate surface area is 172 Å². The van der Waals surface area contributed by atoms with Gasteiger partial charge in [-0.2, -0.15) is 4.98 Å². The lowest BCUT2D eigenvalue weighted by Gasteiger charge is -2.35. The summed E-state index contributed by atoms with van der Waals surface area (Å²) < 4.78 is 5.45. The van der Waals surface area contributed by atoms with Crippen LogP contribution in [0.25, 0.3) is 0 Å². The monoisotopic (exact) mass is 398 g/mol. The first kappa shape index (κ1) is 20.9. The van der Waals surface area contributed by atoms with E-state index in [0.29, 0.717) is 24.9 Å². The van der Waals surface area contributed by atoms with E-state index in [-0.39, 0.29) is 6.09 Å². The Morgan fingerprint density at radius 1 is 1.17 bits per heavy atom.